The molecular weight excluding hydrogens is 404 g/mol. The second kappa shape index (κ2) is 10.4. The summed E-state index contributed by atoms with van der Waals surface area (Å²) in [6, 6.07) is 21.5. The molecular formula is C25H26N4O3. The third-order valence-electron chi connectivity index (χ3n) is 5.31. The van der Waals surface area contributed by atoms with Crippen molar-refractivity contribution in [2.75, 3.05) is 24.6 Å². The van der Waals surface area contributed by atoms with Crippen molar-refractivity contribution in [3.63, 3.8) is 0 Å². The number of aromatic nitrogens is 1. The first-order valence-electron chi connectivity index (χ1n) is 10.7. The van der Waals surface area contributed by atoms with Crippen LogP contribution in [0.15, 0.2) is 72.9 Å². The Morgan fingerprint density at radius 2 is 1.69 bits per heavy atom. The average Bonchev–Trinajstić information content (AvgIpc) is 2.85. The number of pyridine rings is 1. The fourth-order valence-corrected chi connectivity index (χ4v) is 3.56. The van der Waals surface area contributed by atoms with Crippen molar-refractivity contribution in [1.29, 1.82) is 0 Å². The number of amides is 2. The molecule has 1 aliphatic heterocycles. The molecule has 2 heterocycles. The van der Waals surface area contributed by atoms with E-state index in [0.29, 0.717) is 12.3 Å². The highest BCUT2D eigenvalue weighted by atomic mass is 16.5. The Labute approximate surface area is 187 Å². The second-order valence-corrected chi connectivity index (χ2v) is 7.62. The monoisotopic (exact) mass is 430 g/mol. The Balaban J connectivity index is 1.18. The van der Waals surface area contributed by atoms with Crippen molar-refractivity contribution in [2.24, 2.45) is 0 Å². The molecule has 1 aromatic heterocycles. The van der Waals surface area contributed by atoms with Crippen LogP contribution in [-0.4, -0.2) is 36.5 Å². The number of fused-ring (bicyclic) bond motifs is 1. The SMILES string of the molecule is O=C(CNC(=O)COc1ccccc1)NCc1ccc(N2CCc3ccccc3C2)nc1. The molecule has 1 aliphatic rings. The molecule has 0 aliphatic carbocycles. The Kier molecular flexibility index (Phi) is 6.97. The summed E-state index contributed by atoms with van der Waals surface area (Å²) < 4.78 is 5.35. The molecule has 2 aromatic carbocycles. The second-order valence-electron chi connectivity index (χ2n) is 7.62. The first-order valence-corrected chi connectivity index (χ1v) is 10.7. The highest BCUT2D eigenvalue weighted by Gasteiger charge is 2.16. The molecule has 32 heavy (non-hydrogen) atoms. The molecule has 164 valence electrons. The van der Waals surface area contributed by atoms with Gasteiger partial charge in [0.1, 0.15) is 11.6 Å². The first-order chi connectivity index (χ1) is 15.7. The molecule has 0 atom stereocenters. The lowest BCUT2D eigenvalue weighted by Gasteiger charge is -2.29. The van der Waals surface area contributed by atoms with Gasteiger partial charge in [0.25, 0.3) is 5.91 Å². The summed E-state index contributed by atoms with van der Waals surface area (Å²) >= 11 is 0. The molecule has 2 N–H and O–H groups in total. The Bertz CT molecular complexity index is 1050. The smallest absolute Gasteiger partial charge is 0.258 e. The van der Waals surface area contributed by atoms with Gasteiger partial charge in [-0.3, -0.25) is 9.59 Å². The van der Waals surface area contributed by atoms with E-state index in [0.717, 1.165) is 30.9 Å². The van der Waals surface area contributed by atoms with E-state index in [4.69, 9.17) is 4.74 Å². The minimum Gasteiger partial charge on any atom is -0.484 e. The molecule has 4 rings (SSSR count). The van der Waals surface area contributed by atoms with E-state index in [9.17, 15) is 9.59 Å². The lowest BCUT2D eigenvalue weighted by molar-refractivity contribution is -0.127. The number of rotatable bonds is 8. The number of hydrogen-bond donors (Lipinski definition) is 2. The number of carbonyl (C=O) groups excluding carboxylic acids is 2. The number of carbonyl (C=O) groups is 2. The van der Waals surface area contributed by atoms with Gasteiger partial charge < -0.3 is 20.3 Å². The van der Waals surface area contributed by atoms with Gasteiger partial charge in [0.2, 0.25) is 5.91 Å². The van der Waals surface area contributed by atoms with Crippen LogP contribution in [-0.2, 0) is 29.1 Å². The summed E-state index contributed by atoms with van der Waals surface area (Å²) in [4.78, 5) is 30.7. The van der Waals surface area contributed by atoms with E-state index in [1.54, 1.807) is 18.3 Å². The number of nitrogens with zero attached hydrogens (tertiary/aromatic N) is 2. The zero-order chi connectivity index (χ0) is 22.2. The zero-order valence-corrected chi connectivity index (χ0v) is 17.8. The maximum Gasteiger partial charge on any atom is 0.258 e. The van der Waals surface area contributed by atoms with Gasteiger partial charge in [-0.15, -0.1) is 0 Å². The van der Waals surface area contributed by atoms with Crippen LogP contribution < -0.4 is 20.3 Å². The largest absolute Gasteiger partial charge is 0.484 e. The molecule has 7 nitrogen and oxygen atoms in total. The van der Waals surface area contributed by atoms with E-state index >= 15 is 0 Å². The van der Waals surface area contributed by atoms with Gasteiger partial charge in [0.15, 0.2) is 6.61 Å². The van der Waals surface area contributed by atoms with Crippen molar-refractivity contribution in [1.82, 2.24) is 15.6 Å². The van der Waals surface area contributed by atoms with Crippen molar-refractivity contribution >= 4 is 17.6 Å². The van der Waals surface area contributed by atoms with E-state index in [2.05, 4.69) is 44.8 Å². The van der Waals surface area contributed by atoms with Gasteiger partial charge in [-0.2, -0.15) is 0 Å². The van der Waals surface area contributed by atoms with Gasteiger partial charge in [-0.1, -0.05) is 48.5 Å². The third kappa shape index (κ3) is 5.85. The minimum atomic E-state index is -0.349. The first kappa shape index (κ1) is 21.4. The van der Waals surface area contributed by atoms with E-state index in [1.807, 2.05) is 30.3 Å². The minimum absolute atomic E-state index is 0.102. The number of benzene rings is 2. The fourth-order valence-electron chi connectivity index (χ4n) is 3.56. The predicted octanol–water partition coefficient (Wildman–Crippen LogP) is 2.46. The van der Waals surface area contributed by atoms with Gasteiger partial charge >= 0.3 is 0 Å². The Hall–Kier alpha value is -3.87. The third-order valence-corrected chi connectivity index (χ3v) is 5.31. The van der Waals surface area contributed by atoms with Gasteiger partial charge in [-0.05, 0) is 41.3 Å². The molecule has 0 saturated carbocycles. The summed E-state index contributed by atoms with van der Waals surface area (Å²) in [6.45, 7) is 1.91. The van der Waals surface area contributed by atoms with Crippen LogP contribution in [0.1, 0.15) is 16.7 Å². The topological polar surface area (TPSA) is 83.6 Å². The van der Waals surface area contributed by atoms with Crippen molar-refractivity contribution in [3.05, 3.63) is 89.6 Å². The van der Waals surface area contributed by atoms with E-state index in [-0.39, 0.29) is 25.0 Å². The molecule has 0 saturated heterocycles. The molecule has 3 aromatic rings. The van der Waals surface area contributed by atoms with Crippen LogP contribution in [0.3, 0.4) is 0 Å². The molecule has 2 amide bonds. The number of anilines is 1. The summed E-state index contributed by atoms with van der Waals surface area (Å²) in [5, 5.41) is 5.34. The van der Waals surface area contributed by atoms with Crippen LogP contribution in [0, 0.1) is 0 Å². The van der Waals surface area contributed by atoms with Crippen LogP contribution in [0.25, 0.3) is 0 Å². The highest BCUT2D eigenvalue weighted by molar-refractivity contribution is 5.85. The summed E-state index contributed by atoms with van der Waals surface area (Å²) in [6.07, 6.45) is 2.79. The zero-order valence-electron chi connectivity index (χ0n) is 17.8. The number of hydrogen-bond acceptors (Lipinski definition) is 5. The Morgan fingerprint density at radius 1 is 0.906 bits per heavy atom. The van der Waals surface area contributed by atoms with Gasteiger partial charge in [0, 0.05) is 25.8 Å². The number of nitrogens with one attached hydrogen (secondary N) is 2. The summed E-state index contributed by atoms with van der Waals surface area (Å²) in [5.41, 5.74) is 3.65. The van der Waals surface area contributed by atoms with E-state index < -0.39 is 0 Å². The quantitative estimate of drug-likeness (QED) is 0.574. The van der Waals surface area contributed by atoms with E-state index in [1.165, 1.54) is 11.1 Å². The lowest BCUT2D eigenvalue weighted by Crippen LogP contribution is -2.38. The molecule has 7 heteroatoms. The fraction of sp³-hybridized carbons (Fsp3) is 0.240. The lowest BCUT2D eigenvalue weighted by atomic mass is 10.00. The standard InChI is InChI=1S/C25H26N4O3/c30-24(16-28-25(31)18-32-22-8-2-1-3-9-22)27-15-19-10-11-23(26-14-19)29-13-12-20-6-4-5-7-21(20)17-29/h1-11,14H,12-13,15-18H2,(H,27,30)(H,28,31). The molecule has 0 bridgehead atoms. The molecule has 0 unspecified atom stereocenters. The van der Waals surface area contributed by atoms with Crippen LogP contribution >= 0.6 is 0 Å². The normalized spacial score (nSPS) is 12.6. The molecule has 0 radical (unpaired) electrons. The van der Waals surface area contributed by atoms with Gasteiger partial charge in [-0.25, -0.2) is 4.98 Å². The van der Waals surface area contributed by atoms with Crippen molar-refractivity contribution < 1.29 is 14.3 Å². The van der Waals surface area contributed by atoms with Crippen LogP contribution in [0.2, 0.25) is 0 Å². The molecule has 0 fully saturated rings. The number of para-hydroxylation sites is 1. The summed E-state index contributed by atoms with van der Waals surface area (Å²) in [7, 11) is 0. The van der Waals surface area contributed by atoms with Crippen LogP contribution in [0.4, 0.5) is 5.82 Å². The molecule has 0 spiro atoms. The summed E-state index contributed by atoms with van der Waals surface area (Å²) in [5.74, 6) is 0.921. The maximum absolute atomic E-state index is 12.0. The van der Waals surface area contributed by atoms with Gasteiger partial charge in [0.05, 0.1) is 6.54 Å². The predicted molar refractivity (Wildman–Crippen MR) is 122 cm³/mol. The maximum atomic E-state index is 12.0. The Morgan fingerprint density at radius 3 is 2.47 bits per heavy atom. The average molecular weight is 431 g/mol. The highest BCUT2D eigenvalue weighted by Crippen LogP contribution is 2.22. The van der Waals surface area contributed by atoms with Crippen molar-refractivity contribution in [2.45, 2.75) is 19.5 Å². The number of ether oxygens (including phenoxy) is 1. The van der Waals surface area contributed by atoms with Crippen molar-refractivity contribution in [3.8, 4) is 5.75 Å². The van der Waals surface area contributed by atoms with Crippen LogP contribution in [0.5, 0.6) is 5.75 Å².